The molecule has 0 fully saturated rings. The second kappa shape index (κ2) is 3.22. The van der Waals surface area contributed by atoms with E-state index in [2.05, 4.69) is 34.6 Å². The van der Waals surface area contributed by atoms with E-state index >= 15 is 0 Å². The lowest BCUT2D eigenvalue weighted by atomic mass is 9.48. The minimum atomic E-state index is -0.191. The van der Waals surface area contributed by atoms with Crippen molar-refractivity contribution in [1.29, 1.82) is 0 Å². The molecule has 1 nitrogen and oxygen atoms in total. The van der Waals surface area contributed by atoms with Gasteiger partial charge in [0.2, 0.25) is 6.81 Å². The highest BCUT2D eigenvalue weighted by atomic mass is 16.5. The van der Waals surface area contributed by atoms with Crippen LogP contribution in [0.15, 0.2) is 0 Å². The molecule has 0 aromatic heterocycles. The highest BCUT2D eigenvalue weighted by molar-refractivity contribution is 6.98. The molecule has 0 aromatic carbocycles. The predicted molar refractivity (Wildman–Crippen MR) is 52.0 cm³/mol. The SMILES string of the molecule is [B]B(C)OC(C)(C)C(C)(C)C. The summed E-state index contributed by atoms with van der Waals surface area (Å²) in [5.41, 5.74) is -0.0399. The highest BCUT2D eigenvalue weighted by Gasteiger charge is 2.33. The number of rotatable bonds is 2. The summed E-state index contributed by atoms with van der Waals surface area (Å²) in [6.07, 6.45) is 0. The lowest BCUT2D eigenvalue weighted by molar-refractivity contribution is 0.00180. The van der Waals surface area contributed by atoms with Crippen molar-refractivity contribution in [2.24, 2.45) is 5.41 Å². The van der Waals surface area contributed by atoms with E-state index < -0.39 is 0 Å². The topological polar surface area (TPSA) is 9.23 Å². The zero-order valence-electron chi connectivity index (χ0n) is 8.56. The van der Waals surface area contributed by atoms with E-state index in [0.29, 0.717) is 0 Å². The molecule has 0 saturated heterocycles. The molecule has 2 radical (unpaired) electrons. The number of hydrogen-bond donors (Lipinski definition) is 0. The maximum atomic E-state index is 5.58. The quantitative estimate of drug-likeness (QED) is 0.550. The average molecular weight is 152 g/mol. The molecule has 0 bridgehead atoms. The molecule has 0 atom stereocenters. The Morgan fingerprint density at radius 2 is 1.45 bits per heavy atom. The molecular formula is C8H18B2O. The molecule has 0 aliphatic carbocycles. The lowest BCUT2D eigenvalue weighted by Crippen LogP contribution is -2.43. The molecule has 3 heteroatoms. The highest BCUT2D eigenvalue weighted by Crippen LogP contribution is 2.32. The van der Waals surface area contributed by atoms with Crippen LogP contribution in [0.1, 0.15) is 34.6 Å². The Labute approximate surface area is 72.4 Å². The van der Waals surface area contributed by atoms with Gasteiger partial charge in [-0.15, -0.1) is 0 Å². The van der Waals surface area contributed by atoms with E-state index in [-0.39, 0.29) is 17.8 Å². The third kappa shape index (κ3) is 3.33. The second-order valence-electron chi connectivity index (χ2n) is 4.58. The largest absolute Gasteiger partial charge is 0.441 e. The van der Waals surface area contributed by atoms with E-state index in [1.54, 1.807) is 0 Å². The van der Waals surface area contributed by atoms with Gasteiger partial charge in [-0.1, -0.05) is 27.6 Å². The Morgan fingerprint density at radius 3 is 1.55 bits per heavy atom. The standard InChI is InChI=1S/C8H18B2O/c1-7(2,3)8(4,5)11-10(6)9/h1-6H3. The van der Waals surface area contributed by atoms with Gasteiger partial charge in [0, 0.05) is 5.60 Å². The van der Waals surface area contributed by atoms with Gasteiger partial charge in [-0.05, 0) is 19.3 Å². The van der Waals surface area contributed by atoms with Gasteiger partial charge in [0.1, 0.15) is 0 Å². The van der Waals surface area contributed by atoms with E-state index in [9.17, 15) is 0 Å². The van der Waals surface area contributed by atoms with E-state index in [0.717, 1.165) is 0 Å². The number of hydrogen-bond acceptors (Lipinski definition) is 1. The van der Waals surface area contributed by atoms with Crippen LogP contribution < -0.4 is 0 Å². The van der Waals surface area contributed by atoms with Crippen molar-refractivity contribution in [1.82, 2.24) is 0 Å². The van der Waals surface area contributed by atoms with Crippen molar-refractivity contribution in [2.45, 2.75) is 47.0 Å². The van der Waals surface area contributed by atoms with Crippen LogP contribution in [0.4, 0.5) is 0 Å². The Hall–Kier alpha value is 0.0899. The Morgan fingerprint density at radius 1 is 1.09 bits per heavy atom. The molecule has 0 saturated carbocycles. The lowest BCUT2D eigenvalue weighted by Gasteiger charge is -2.40. The molecule has 62 valence electrons. The summed E-state index contributed by atoms with van der Waals surface area (Å²) in [6, 6.07) is 0. The smallest absolute Gasteiger partial charge is 0.234 e. The molecule has 0 spiro atoms. The van der Waals surface area contributed by atoms with Crippen molar-refractivity contribution >= 4 is 14.5 Å². The van der Waals surface area contributed by atoms with Crippen molar-refractivity contribution in [3.8, 4) is 0 Å². The van der Waals surface area contributed by atoms with Gasteiger partial charge in [0.05, 0.1) is 7.74 Å². The summed E-state index contributed by atoms with van der Waals surface area (Å²) in [4.78, 5) is 0. The normalized spacial score (nSPS) is 13.3. The van der Waals surface area contributed by atoms with Crippen LogP contribution in [0.5, 0.6) is 0 Å². The van der Waals surface area contributed by atoms with Gasteiger partial charge >= 0.3 is 0 Å². The Balaban J connectivity index is 4.22. The van der Waals surface area contributed by atoms with Crippen LogP contribution in [0.3, 0.4) is 0 Å². The zero-order chi connectivity index (χ0) is 9.28. The summed E-state index contributed by atoms with van der Waals surface area (Å²) < 4.78 is 5.58. The van der Waals surface area contributed by atoms with Crippen LogP contribution in [0.2, 0.25) is 6.82 Å². The van der Waals surface area contributed by atoms with Crippen molar-refractivity contribution in [3.05, 3.63) is 0 Å². The molecule has 0 aromatic rings. The van der Waals surface area contributed by atoms with Gasteiger partial charge < -0.3 is 4.65 Å². The summed E-state index contributed by atoms with van der Waals surface area (Å²) in [5.74, 6) is 0. The van der Waals surface area contributed by atoms with E-state index in [1.807, 2.05) is 6.82 Å². The molecule has 0 aliphatic heterocycles. The fourth-order valence-electron chi connectivity index (χ4n) is 0.642. The van der Waals surface area contributed by atoms with Crippen molar-refractivity contribution < 1.29 is 4.65 Å². The third-order valence-corrected chi connectivity index (χ3v) is 2.29. The average Bonchev–Trinajstić information content (AvgIpc) is 1.56. The maximum absolute atomic E-state index is 5.58. The van der Waals surface area contributed by atoms with Gasteiger partial charge in [-0.2, -0.15) is 0 Å². The van der Waals surface area contributed by atoms with E-state index in [1.165, 1.54) is 0 Å². The van der Waals surface area contributed by atoms with Crippen LogP contribution in [0, 0.1) is 5.41 Å². The monoisotopic (exact) mass is 152 g/mol. The molecule has 0 heterocycles. The van der Waals surface area contributed by atoms with Crippen molar-refractivity contribution in [3.63, 3.8) is 0 Å². The summed E-state index contributed by atoms with van der Waals surface area (Å²) in [6.45, 7) is 12.2. The first kappa shape index (κ1) is 11.1. The minimum Gasteiger partial charge on any atom is -0.441 e. The molecule has 0 aliphatic rings. The summed E-state index contributed by atoms with van der Waals surface area (Å²) in [5, 5.41) is 0. The molecule has 0 N–H and O–H groups in total. The molecule has 11 heavy (non-hydrogen) atoms. The fourth-order valence-corrected chi connectivity index (χ4v) is 0.642. The molecule has 0 rings (SSSR count). The first-order chi connectivity index (χ1) is 4.67. The Kier molecular flexibility index (Phi) is 3.25. The van der Waals surface area contributed by atoms with Gasteiger partial charge in [0.15, 0.2) is 0 Å². The van der Waals surface area contributed by atoms with Crippen LogP contribution in [-0.4, -0.2) is 20.1 Å². The first-order valence-electron chi connectivity index (χ1n) is 4.10. The molecule has 0 amide bonds. The predicted octanol–water partition coefficient (Wildman–Crippen LogP) is 2.11. The second-order valence-corrected chi connectivity index (χ2v) is 4.58. The zero-order valence-corrected chi connectivity index (χ0v) is 8.56. The Bertz CT molecular complexity index is 125. The van der Waals surface area contributed by atoms with Crippen LogP contribution >= 0.6 is 0 Å². The summed E-state index contributed by atoms with van der Waals surface area (Å²) in [7, 11) is 5.55. The molecular weight excluding hydrogens is 134 g/mol. The van der Waals surface area contributed by atoms with Crippen LogP contribution in [0.25, 0.3) is 0 Å². The van der Waals surface area contributed by atoms with E-state index in [4.69, 9.17) is 12.4 Å². The molecule has 0 unspecified atom stereocenters. The first-order valence-corrected chi connectivity index (χ1v) is 4.10. The minimum absolute atomic E-state index is 0.126. The van der Waals surface area contributed by atoms with Crippen molar-refractivity contribution in [2.75, 3.05) is 0 Å². The fraction of sp³-hybridized carbons (Fsp3) is 1.00. The van der Waals surface area contributed by atoms with Gasteiger partial charge in [0.25, 0.3) is 0 Å². The van der Waals surface area contributed by atoms with Gasteiger partial charge in [-0.3, -0.25) is 0 Å². The third-order valence-electron chi connectivity index (χ3n) is 2.29. The van der Waals surface area contributed by atoms with Crippen LogP contribution in [-0.2, 0) is 4.65 Å². The van der Waals surface area contributed by atoms with Gasteiger partial charge in [-0.25, -0.2) is 0 Å². The summed E-state index contributed by atoms with van der Waals surface area (Å²) >= 11 is 0. The maximum Gasteiger partial charge on any atom is 0.234 e.